The van der Waals surface area contributed by atoms with Gasteiger partial charge in [-0.15, -0.1) is 0 Å². The SMILES string of the molecule is C=C[C](=[W])C(C)C. The van der Waals surface area contributed by atoms with Crippen molar-refractivity contribution in [1.29, 1.82) is 0 Å². The average Bonchev–Trinajstić information content (AvgIpc) is 1.65. The average molecular weight is 266 g/mol. The van der Waals surface area contributed by atoms with Crippen LogP contribution in [0.25, 0.3) is 0 Å². The summed E-state index contributed by atoms with van der Waals surface area (Å²) in [4.78, 5) is 0. The molecule has 0 saturated heterocycles. The van der Waals surface area contributed by atoms with Crippen molar-refractivity contribution < 1.29 is 19.4 Å². The Bertz CT molecular complexity index is 82.2. The van der Waals surface area contributed by atoms with E-state index in [0.29, 0.717) is 5.92 Å². The molecule has 0 unspecified atom stereocenters. The van der Waals surface area contributed by atoms with Crippen LogP contribution in [0.3, 0.4) is 0 Å². The van der Waals surface area contributed by atoms with E-state index in [2.05, 4.69) is 20.4 Å². The Labute approximate surface area is 56.0 Å². The predicted octanol–water partition coefficient (Wildman–Crippen LogP) is 1.55. The molecule has 0 rings (SSSR count). The van der Waals surface area contributed by atoms with Crippen LogP contribution in [0.15, 0.2) is 12.7 Å². The van der Waals surface area contributed by atoms with Crippen LogP contribution in [0, 0.1) is 5.92 Å². The third-order valence-corrected chi connectivity index (χ3v) is 3.06. The molecule has 0 aromatic heterocycles. The summed E-state index contributed by atoms with van der Waals surface area (Å²) in [5.74, 6) is 0.701. The number of hydrogen-bond acceptors (Lipinski definition) is 0. The fraction of sp³-hybridized carbons (Fsp3) is 0.500. The van der Waals surface area contributed by atoms with Crippen molar-refractivity contribution in [3.63, 3.8) is 0 Å². The molecule has 0 atom stereocenters. The van der Waals surface area contributed by atoms with Crippen molar-refractivity contribution in [2.24, 2.45) is 5.92 Å². The molecular formula is C6H10W. The third-order valence-electron chi connectivity index (χ3n) is 0.770. The summed E-state index contributed by atoms with van der Waals surface area (Å²) in [6.45, 7) is 8.03. The first-order valence-corrected chi connectivity index (χ1v) is 3.81. The monoisotopic (exact) mass is 266 g/mol. The maximum atomic E-state index is 3.67. The van der Waals surface area contributed by atoms with Gasteiger partial charge in [0.05, 0.1) is 0 Å². The predicted molar refractivity (Wildman–Crippen MR) is 30.0 cm³/mol. The molecule has 0 aliphatic carbocycles. The van der Waals surface area contributed by atoms with Crippen LogP contribution in [0.4, 0.5) is 0 Å². The van der Waals surface area contributed by atoms with Crippen molar-refractivity contribution >= 4 is 3.90 Å². The Hall–Kier alpha value is 0.298. The summed E-state index contributed by atoms with van der Waals surface area (Å²) in [6, 6.07) is 0. The van der Waals surface area contributed by atoms with Gasteiger partial charge in [-0.3, -0.25) is 0 Å². The molecule has 0 spiro atoms. The molecule has 40 valence electrons. The molecule has 0 aromatic rings. The second-order valence-electron chi connectivity index (χ2n) is 1.76. The maximum absolute atomic E-state index is 3.67. The molecule has 0 amide bonds. The summed E-state index contributed by atoms with van der Waals surface area (Å²) in [6.07, 6.45) is 1.94. The quantitative estimate of drug-likeness (QED) is 0.711. The first-order chi connectivity index (χ1) is 3.18. The molecule has 0 heterocycles. The van der Waals surface area contributed by atoms with E-state index in [1.165, 1.54) is 3.90 Å². The van der Waals surface area contributed by atoms with Crippen molar-refractivity contribution in [2.45, 2.75) is 13.8 Å². The Kier molecular flexibility index (Phi) is 3.46. The first-order valence-electron chi connectivity index (χ1n) is 2.34. The second kappa shape index (κ2) is 3.32. The zero-order chi connectivity index (χ0) is 5.86. The molecule has 1 heteroatoms. The van der Waals surface area contributed by atoms with E-state index < -0.39 is 0 Å². The first kappa shape index (κ1) is 7.30. The molecule has 0 aliphatic rings. The van der Waals surface area contributed by atoms with Crippen LogP contribution < -0.4 is 0 Å². The van der Waals surface area contributed by atoms with Crippen LogP contribution in [-0.4, -0.2) is 3.90 Å². The van der Waals surface area contributed by atoms with Crippen molar-refractivity contribution in [3.8, 4) is 0 Å². The standard InChI is InChI=1S/C6H10.W/c1-4-5-6(2)3;/h4,6H,1H2,2-3H3;. The van der Waals surface area contributed by atoms with Crippen LogP contribution in [0.1, 0.15) is 13.8 Å². The molecule has 0 radical (unpaired) electrons. The van der Waals surface area contributed by atoms with Gasteiger partial charge in [0, 0.05) is 0 Å². The zero-order valence-electron chi connectivity index (χ0n) is 4.77. The summed E-state index contributed by atoms with van der Waals surface area (Å²) < 4.78 is 1.44. The Morgan fingerprint density at radius 3 is 2.14 bits per heavy atom. The van der Waals surface area contributed by atoms with Crippen molar-refractivity contribution in [1.82, 2.24) is 0 Å². The molecule has 0 nitrogen and oxygen atoms in total. The fourth-order valence-electron chi connectivity index (χ4n) is 0.236. The Morgan fingerprint density at radius 2 is 2.14 bits per heavy atom. The van der Waals surface area contributed by atoms with Gasteiger partial charge in [-0.2, -0.15) is 0 Å². The molecule has 7 heavy (non-hydrogen) atoms. The summed E-state index contributed by atoms with van der Waals surface area (Å²) >= 11 is 1.54. The molecule has 0 bridgehead atoms. The summed E-state index contributed by atoms with van der Waals surface area (Å²) in [5, 5.41) is 0. The van der Waals surface area contributed by atoms with Crippen LogP contribution in [0.5, 0.6) is 0 Å². The third kappa shape index (κ3) is 2.93. The van der Waals surface area contributed by atoms with Gasteiger partial charge in [0.25, 0.3) is 0 Å². The van der Waals surface area contributed by atoms with Gasteiger partial charge in [0.15, 0.2) is 0 Å². The molecule has 0 aromatic carbocycles. The molecule has 0 saturated carbocycles. The van der Waals surface area contributed by atoms with Gasteiger partial charge < -0.3 is 0 Å². The Balaban J connectivity index is 3.56. The van der Waals surface area contributed by atoms with E-state index in [1.807, 2.05) is 6.08 Å². The van der Waals surface area contributed by atoms with Gasteiger partial charge >= 0.3 is 55.7 Å². The van der Waals surface area contributed by atoms with E-state index in [0.717, 1.165) is 0 Å². The number of rotatable bonds is 2. The van der Waals surface area contributed by atoms with Gasteiger partial charge in [-0.1, -0.05) is 0 Å². The van der Waals surface area contributed by atoms with Gasteiger partial charge in [-0.25, -0.2) is 0 Å². The normalized spacial score (nSPS) is 9.00. The van der Waals surface area contributed by atoms with Crippen molar-refractivity contribution in [3.05, 3.63) is 12.7 Å². The van der Waals surface area contributed by atoms with Gasteiger partial charge in [0.1, 0.15) is 0 Å². The summed E-state index contributed by atoms with van der Waals surface area (Å²) in [5.41, 5.74) is 0. The molecule has 0 N–H and O–H groups in total. The minimum atomic E-state index is 0.701. The van der Waals surface area contributed by atoms with E-state index >= 15 is 0 Å². The van der Waals surface area contributed by atoms with E-state index in [1.54, 1.807) is 19.4 Å². The summed E-state index contributed by atoms with van der Waals surface area (Å²) in [7, 11) is 0. The van der Waals surface area contributed by atoms with Crippen LogP contribution in [0.2, 0.25) is 0 Å². The van der Waals surface area contributed by atoms with Gasteiger partial charge in [0.2, 0.25) is 0 Å². The zero-order valence-corrected chi connectivity index (χ0v) is 7.70. The van der Waals surface area contributed by atoms with Gasteiger partial charge in [-0.05, 0) is 0 Å². The van der Waals surface area contributed by atoms with Crippen LogP contribution >= 0.6 is 0 Å². The number of hydrogen-bond donors (Lipinski definition) is 0. The topological polar surface area (TPSA) is 0 Å². The number of allylic oxidation sites excluding steroid dienone is 1. The van der Waals surface area contributed by atoms with Crippen molar-refractivity contribution in [2.75, 3.05) is 0 Å². The molecule has 0 fully saturated rings. The minimum absolute atomic E-state index is 0.701. The fourth-order valence-corrected chi connectivity index (χ4v) is 0.236. The van der Waals surface area contributed by atoms with E-state index in [-0.39, 0.29) is 0 Å². The molecular weight excluding hydrogens is 256 g/mol. The Morgan fingerprint density at radius 1 is 1.71 bits per heavy atom. The molecule has 0 aliphatic heterocycles. The van der Waals surface area contributed by atoms with Crippen LogP contribution in [-0.2, 0) is 19.4 Å². The van der Waals surface area contributed by atoms with E-state index in [4.69, 9.17) is 0 Å². The van der Waals surface area contributed by atoms with E-state index in [9.17, 15) is 0 Å². The second-order valence-corrected chi connectivity index (χ2v) is 3.45.